The molecule has 0 spiro atoms. The number of aryl methyl sites for hydroxylation is 1. The third-order valence-electron chi connectivity index (χ3n) is 8.52. The smallest absolute Gasteiger partial charge is 0.324 e. The summed E-state index contributed by atoms with van der Waals surface area (Å²) in [5.74, 6) is -0.671. The van der Waals surface area contributed by atoms with E-state index in [4.69, 9.17) is 0 Å². The van der Waals surface area contributed by atoms with Gasteiger partial charge in [0.1, 0.15) is 17.0 Å². The molecule has 1 fully saturated rings. The number of nitrogens with one attached hydrogen (secondary N) is 1. The van der Waals surface area contributed by atoms with Crippen molar-refractivity contribution in [2.75, 3.05) is 6.54 Å². The molecule has 1 aliphatic carbocycles. The topological polar surface area (TPSA) is 110 Å². The molecule has 1 amide bonds. The van der Waals surface area contributed by atoms with Gasteiger partial charge in [0.05, 0.1) is 5.56 Å². The van der Waals surface area contributed by atoms with Gasteiger partial charge in [-0.05, 0) is 84.7 Å². The molecule has 2 aromatic rings. The van der Waals surface area contributed by atoms with Crippen LogP contribution in [-0.2, 0) is 24.3 Å². The third-order valence-corrected chi connectivity index (χ3v) is 8.52. The minimum absolute atomic E-state index is 0.00376. The average molecular weight is 537 g/mol. The van der Waals surface area contributed by atoms with Crippen LogP contribution in [0.25, 0.3) is 0 Å². The van der Waals surface area contributed by atoms with Crippen LogP contribution in [0.5, 0.6) is 11.5 Å². The summed E-state index contributed by atoms with van der Waals surface area (Å²) < 4.78 is 0. The first kappa shape index (κ1) is 28.9. The number of nitrogens with zero attached hydrogens (tertiary/aromatic N) is 1. The van der Waals surface area contributed by atoms with Crippen LogP contribution >= 0.6 is 0 Å². The van der Waals surface area contributed by atoms with Crippen molar-refractivity contribution in [2.45, 2.75) is 97.2 Å². The van der Waals surface area contributed by atoms with Gasteiger partial charge < -0.3 is 25.5 Å². The molecule has 39 heavy (non-hydrogen) atoms. The van der Waals surface area contributed by atoms with Gasteiger partial charge in [-0.2, -0.15) is 0 Å². The third kappa shape index (κ3) is 6.24. The van der Waals surface area contributed by atoms with Gasteiger partial charge in [0.15, 0.2) is 0 Å². The number of carbonyl (C=O) groups is 2. The monoisotopic (exact) mass is 536 g/mol. The summed E-state index contributed by atoms with van der Waals surface area (Å²) >= 11 is 0. The number of rotatable bonds is 11. The second-order valence-corrected chi connectivity index (χ2v) is 12.2. The molecular weight excluding hydrogens is 492 g/mol. The standard InChI is InChI=1S/C32H44N2O5/c1-20(2)17-32(31(38)39,25-9-5-6-10-25)33-13-7-8-22-11-12-23-18-34(19-24(23)14-22)30(37)27-15-26(21(3)4)28(35)16-29(27)36/h11-12,14-16,20-21,25,33,35-36H,5-10,13,17-19H2,1-4H3,(H,38,39)/t32-/m1/s1. The number of carboxylic acids is 1. The lowest BCUT2D eigenvalue weighted by Gasteiger charge is -2.38. The molecule has 4 N–H and O–H groups in total. The molecule has 2 aromatic carbocycles. The van der Waals surface area contributed by atoms with E-state index >= 15 is 0 Å². The average Bonchev–Trinajstić information content (AvgIpc) is 3.55. The van der Waals surface area contributed by atoms with E-state index in [-0.39, 0.29) is 34.8 Å². The predicted molar refractivity (Wildman–Crippen MR) is 152 cm³/mol. The van der Waals surface area contributed by atoms with E-state index in [1.165, 1.54) is 11.6 Å². The fourth-order valence-electron chi connectivity index (χ4n) is 6.53. The van der Waals surface area contributed by atoms with Crippen LogP contribution < -0.4 is 5.32 Å². The van der Waals surface area contributed by atoms with Crippen LogP contribution in [-0.4, -0.2) is 44.2 Å². The molecule has 212 valence electrons. The maximum Gasteiger partial charge on any atom is 0.324 e. The first-order valence-electron chi connectivity index (χ1n) is 14.5. The van der Waals surface area contributed by atoms with Crippen LogP contribution in [0, 0.1) is 11.8 Å². The lowest BCUT2D eigenvalue weighted by molar-refractivity contribution is -0.148. The van der Waals surface area contributed by atoms with E-state index < -0.39 is 11.5 Å². The lowest BCUT2D eigenvalue weighted by Crippen LogP contribution is -2.58. The Morgan fingerprint density at radius 1 is 1.00 bits per heavy atom. The van der Waals surface area contributed by atoms with Gasteiger partial charge in [0.2, 0.25) is 0 Å². The number of aromatic hydroxyl groups is 2. The molecule has 1 saturated carbocycles. The number of phenolic OH excluding ortho intramolecular Hbond substituents is 2. The van der Waals surface area contributed by atoms with Crippen molar-refractivity contribution in [3.63, 3.8) is 0 Å². The highest BCUT2D eigenvalue weighted by molar-refractivity contribution is 5.97. The fourth-order valence-corrected chi connectivity index (χ4v) is 6.53. The Bertz CT molecular complexity index is 1200. The zero-order valence-electron chi connectivity index (χ0n) is 23.8. The first-order chi connectivity index (χ1) is 18.5. The molecular formula is C32H44N2O5. The molecule has 1 aliphatic heterocycles. The van der Waals surface area contributed by atoms with E-state index in [0.717, 1.165) is 49.7 Å². The van der Waals surface area contributed by atoms with Crippen molar-refractivity contribution < 1.29 is 24.9 Å². The summed E-state index contributed by atoms with van der Waals surface area (Å²) in [5, 5.41) is 34.3. The second-order valence-electron chi connectivity index (χ2n) is 12.2. The number of carbonyl (C=O) groups excluding carboxylic acids is 1. The molecule has 0 radical (unpaired) electrons. The zero-order chi connectivity index (χ0) is 28.3. The van der Waals surface area contributed by atoms with E-state index in [0.29, 0.717) is 37.5 Å². The summed E-state index contributed by atoms with van der Waals surface area (Å²) in [4.78, 5) is 27.5. The van der Waals surface area contributed by atoms with Crippen molar-refractivity contribution in [1.82, 2.24) is 10.2 Å². The second kappa shape index (κ2) is 12.0. The molecule has 4 rings (SSSR count). The number of phenols is 2. The van der Waals surface area contributed by atoms with Crippen molar-refractivity contribution in [3.8, 4) is 11.5 Å². The number of hydrogen-bond acceptors (Lipinski definition) is 5. The van der Waals surface area contributed by atoms with E-state index in [1.807, 2.05) is 13.8 Å². The Labute approximate surface area is 232 Å². The number of hydrogen-bond donors (Lipinski definition) is 4. The van der Waals surface area contributed by atoms with E-state index in [1.54, 1.807) is 11.0 Å². The fraction of sp³-hybridized carbons (Fsp3) is 0.562. The predicted octanol–water partition coefficient (Wildman–Crippen LogP) is 5.96. The summed E-state index contributed by atoms with van der Waals surface area (Å²) in [6, 6.07) is 9.16. The highest BCUT2D eigenvalue weighted by Crippen LogP contribution is 2.38. The molecule has 0 bridgehead atoms. The summed E-state index contributed by atoms with van der Waals surface area (Å²) in [6.07, 6.45) is 6.48. The molecule has 2 aliphatic rings. The largest absolute Gasteiger partial charge is 0.508 e. The molecule has 0 aromatic heterocycles. The van der Waals surface area contributed by atoms with E-state index in [9.17, 15) is 24.9 Å². The van der Waals surface area contributed by atoms with Crippen LogP contribution in [0.4, 0.5) is 0 Å². The first-order valence-corrected chi connectivity index (χ1v) is 14.5. The van der Waals surface area contributed by atoms with Crippen LogP contribution in [0.2, 0.25) is 0 Å². The molecule has 0 unspecified atom stereocenters. The van der Waals surface area contributed by atoms with E-state index in [2.05, 4.69) is 37.4 Å². The number of fused-ring (bicyclic) bond motifs is 1. The Morgan fingerprint density at radius 3 is 2.33 bits per heavy atom. The highest BCUT2D eigenvalue weighted by atomic mass is 16.4. The van der Waals surface area contributed by atoms with Crippen LogP contribution in [0.15, 0.2) is 30.3 Å². The maximum atomic E-state index is 13.3. The number of carboxylic acid groups (broad SMARTS) is 1. The summed E-state index contributed by atoms with van der Waals surface area (Å²) in [5.41, 5.74) is 3.36. The van der Waals surface area contributed by atoms with Crippen molar-refractivity contribution >= 4 is 11.9 Å². The van der Waals surface area contributed by atoms with Crippen LogP contribution in [0.1, 0.15) is 105 Å². The SMILES string of the molecule is CC(C)C[C@](NCCCc1ccc2c(c1)CN(C(=O)c1cc(C(C)C)c(O)cc1O)C2)(C(=O)O)C1CCCC1. The number of benzene rings is 2. The Hall–Kier alpha value is -3.06. The lowest BCUT2D eigenvalue weighted by atomic mass is 9.76. The van der Waals surface area contributed by atoms with Gasteiger partial charge >= 0.3 is 5.97 Å². The van der Waals surface area contributed by atoms with Gasteiger partial charge in [-0.1, -0.05) is 58.7 Å². The molecule has 1 heterocycles. The van der Waals surface area contributed by atoms with Crippen LogP contribution in [0.3, 0.4) is 0 Å². The van der Waals surface area contributed by atoms with Gasteiger partial charge in [-0.3, -0.25) is 9.59 Å². The zero-order valence-corrected chi connectivity index (χ0v) is 23.8. The van der Waals surface area contributed by atoms with Crippen molar-refractivity contribution in [1.29, 1.82) is 0 Å². The molecule has 1 atom stereocenters. The number of aliphatic carboxylic acids is 1. The maximum absolute atomic E-state index is 13.3. The minimum atomic E-state index is -0.849. The van der Waals surface area contributed by atoms with Crippen molar-refractivity contribution in [2.24, 2.45) is 11.8 Å². The summed E-state index contributed by atoms with van der Waals surface area (Å²) in [6.45, 7) is 9.66. The minimum Gasteiger partial charge on any atom is -0.508 e. The van der Waals surface area contributed by atoms with Gasteiger partial charge in [-0.15, -0.1) is 0 Å². The number of amides is 1. The Morgan fingerprint density at radius 2 is 1.69 bits per heavy atom. The Balaban J connectivity index is 1.38. The van der Waals surface area contributed by atoms with Gasteiger partial charge in [0.25, 0.3) is 5.91 Å². The summed E-state index contributed by atoms with van der Waals surface area (Å²) in [7, 11) is 0. The molecule has 7 nitrogen and oxygen atoms in total. The van der Waals surface area contributed by atoms with Gasteiger partial charge in [-0.25, -0.2) is 0 Å². The Kier molecular flexibility index (Phi) is 8.90. The molecule has 0 saturated heterocycles. The highest BCUT2D eigenvalue weighted by Gasteiger charge is 2.46. The van der Waals surface area contributed by atoms with Crippen molar-refractivity contribution in [3.05, 3.63) is 58.1 Å². The van der Waals surface area contributed by atoms with Gasteiger partial charge in [0, 0.05) is 19.2 Å². The normalized spacial score (nSPS) is 17.1. The quantitative estimate of drug-likeness (QED) is 0.264. The molecule has 7 heteroatoms.